The molecule has 132 valence electrons. The SMILES string of the molecule is Cc1cc(CN2CCN([C@H](C)c3nnc(C(F)(F)F)o3)CC2)no1. The molecule has 7 nitrogen and oxygen atoms in total. The first-order valence-corrected chi connectivity index (χ1v) is 7.62. The van der Waals surface area contributed by atoms with Crippen molar-refractivity contribution in [3.63, 3.8) is 0 Å². The number of aryl methyl sites for hydroxylation is 1. The molecule has 10 heteroatoms. The van der Waals surface area contributed by atoms with Crippen molar-refractivity contribution in [1.29, 1.82) is 0 Å². The van der Waals surface area contributed by atoms with E-state index in [4.69, 9.17) is 8.94 Å². The van der Waals surface area contributed by atoms with Gasteiger partial charge < -0.3 is 8.94 Å². The second-order valence-electron chi connectivity index (χ2n) is 5.86. The van der Waals surface area contributed by atoms with Crippen LogP contribution in [0.5, 0.6) is 0 Å². The van der Waals surface area contributed by atoms with Gasteiger partial charge in [0, 0.05) is 38.8 Å². The van der Waals surface area contributed by atoms with Gasteiger partial charge in [-0.05, 0) is 13.8 Å². The van der Waals surface area contributed by atoms with E-state index in [2.05, 4.69) is 20.3 Å². The molecule has 1 fully saturated rings. The summed E-state index contributed by atoms with van der Waals surface area (Å²) in [5, 5.41) is 10.6. The number of aromatic nitrogens is 3. The number of nitrogens with zero attached hydrogens (tertiary/aromatic N) is 5. The van der Waals surface area contributed by atoms with Crippen LogP contribution < -0.4 is 0 Å². The van der Waals surface area contributed by atoms with Crippen LogP contribution in [0.1, 0.15) is 36.2 Å². The van der Waals surface area contributed by atoms with Gasteiger partial charge in [0.25, 0.3) is 0 Å². The van der Waals surface area contributed by atoms with Crippen LogP contribution in [0.15, 0.2) is 15.0 Å². The van der Waals surface area contributed by atoms with Gasteiger partial charge in [0.1, 0.15) is 5.76 Å². The molecular weight excluding hydrogens is 327 g/mol. The zero-order valence-corrected chi connectivity index (χ0v) is 13.4. The van der Waals surface area contributed by atoms with Crippen LogP contribution in [-0.2, 0) is 12.7 Å². The minimum Gasteiger partial charge on any atom is -0.416 e. The third kappa shape index (κ3) is 3.75. The van der Waals surface area contributed by atoms with E-state index < -0.39 is 12.1 Å². The van der Waals surface area contributed by atoms with Gasteiger partial charge in [-0.3, -0.25) is 9.80 Å². The minimum atomic E-state index is -4.61. The van der Waals surface area contributed by atoms with Crippen LogP contribution in [0.2, 0.25) is 0 Å². The summed E-state index contributed by atoms with van der Waals surface area (Å²) in [6, 6.07) is 1.54. The maximum Gasteiger partial charge on any atom is 0.470 e. The van der Waals surface area contributed by atoms with Crippen molar-refractivity contribution in [2.45, 2.75) is 32.6 Å². The van der Waals surface area contributed by atoms with Gasteiger partial charge in [0.05, 0.1) is 11.7 Å². The first kappa shape index (κ1) is 16.9. The fraction of sp³-hybridized carbons (Fsp3) is 0.643. The predicted molar refractivity (Wildman–Crippen MR) is 75.8 cm³/mol. The summed E-state index contributed by atoms with van der Waals surface area (Å²) in [6.45, 7) is 7.24. The Morgan fingerprint density at radius 1 is 1.21 bits per heavy atom. The van der Waals surface area contributed by atoms with Crippen LogP contribution in [-0.4, -0.2) is 51.3 Å². The van der Waals surface area contributed by atoms with Gasteiger partial charge in [0.2, 0.25) is 5.89 Å². The number of alkyl halides is 3. The molecule has 3 heterocycles. The van der Waals surface area contributed by atoms with E-state index in [-0.39, 0.29) is 11.9 Å². The Kier molecular flexibility index (Phi) is 4.59. The molecule has 0 N–H and O–H groups in total. The molecule has 0 saturated carbocycles. The monoisotopic (exact) mass is 345 g/mol. The fourth-order valence-corrected chi connectivity index (χ4v) is 2.70. The van der Waals surface area contributed by atoms with Crippen molar-refractivity contribution in [2.24, 2.45) is 0 Å². The molecule has 0 bridgehead atoms. The second-order valence-corrected chi connectivity index (χ2v) is 5.86. The molecule has 0 amide bonds. The maximum atomic E-state index is 12.5. The van der Waals surface area contributed by atoms with E-state index >= 15 is 0 Å². The molecule has 1 aliphatic heterocycles. The van der Waals surface area contributed by atoms with Crippen molar-refractivity contribution in [1.82, 2.24) is 25.2 Å². The van der Waals surface area contributed by atoms with E-state index in [1.54, 1.807) is 6.92 Å². The predicted octanol–water partition coefficient (Wildman–Crippen LogP) is 2.26. The lowest BCUT2D eigenvalue weighted by molar-refractivity contribution is -0.157. The average molecular weight is 345 g/mol. The number of hydrogen-bond donors (Lipinski definition) is 0. The van der Waals surface area contributed by atoms with Crippen LogP contribution >= 0.6 is 0 Å². The van der Waals surface area contributed by atoms with Gasteiger partial charge in [-0.15, -0.1) is 10.2 Å². The molecular formula is C14H18F3N5O2. The summed E-state index contributed by atoms with van der Waals surface area (Å²) in [4.78, 5) is 4.24. The van der Waals surface area contributed by atoms with Crippen molar-refractivity contribution in [3.05, 3.63) is 29.3 Å². The Bertz CT molecular complexity index is 676. The number of halogens is 3. The Morgan fingerprint density at radius 3 is 2.46 bits per heavy atom. The number of hydrogen-bond acceptors (Lipinski definition) is 7. The topological polar surface area (TPSA) is 71.4 Å². The molecule has 0 unspecified atom stereocenters. The molecule has 2 aromatic rings. The smallest absolute Gasteiger partial charge is 0.416 e. The van der Waals surface area contributed by atoms with Crippen LogP contribution in [0, 0.1) is 6.92 Å². The van der Waals surface area contributed by atoms with Crippen LogP contribution in [0.25, 0.3) is 0 Å². The third-order valence-electron chi connectivity index (χ3n) is 4.06. The highest BCUT2D eigenvalue weighted by Gasteiger charge is 2.39. The highest BCUT2D eigenvalue weighted by molar-refractivity contribution is 5.03. The zero-order valence-electron chi connectivity index (χ0n) is 13.4. The van der Waals surface area contributed by atoms with Gasteiger partial charge in [-0.1, -0.05) is 5.16 Å². The Morgan fingerprint density at radius 2 is 1.92 bits per heavy atom. The molecule has 24 heavy (non-hydrogen) atoms. The standard InChI is InChI=1S/C14H18F3N5O2/c1-9-7-11(20-24-9)8-21-3-5-22(6-4-21)10(2)12-18-19-13(23-12)14(15,16)17/h7,10H,3-6,8H2,1-2H3/t10-/m1/s1. The van der Waals surface area contributed by atoms with Crippen LogP contribution in [0.3, 0.4) is 0 Å². The van der Waals surface area contributed by atoms with E-state index in [9.17, 15) is 13.2 Å². The highest BCUT2D eigenvalue weighted by atomic mass is 19.4. The van der Waals surface area contributed by atoms with Gasteiger partial charge in [-0.25, -0.2) is 0 Å². The number of piperazine rings is 1. The lowest BCUT2D eigenvalue weighted by atomic mass is 10.2. The summed E-state index contributed by atoms with van der Waals surface area (Å²) >= 11 is 0. The van der Waals surface area contributed by atoms with E-state index in [1.807, 2.05) is 17.9 Å². The largest absolute Gasteiger partial charge is 0.470 e. The summed E-state index contributed by atoms with van der Waals surface area (Å²) in [5.74, 6) is -0.540. The van der Waals surface area contributed by atoms with E-state index in [0.717, 1.165) is 24.5 Å². The van der Waals surface area contributed by atoms with Gasteiger partial charge in [0.15, 0.2) is 0 Å². The summed E-state index contributed by atoms with van der Waals surface area (Å²) < 4.78 is 47.4. The van der Waals surface area contributed by atoms with Crippen molar-refractivity contribution >= 4 is 0 Å². The molecule has 0 spiro atoms. The Hall–Kier alpha value is -1.94. The van der Waals surface area contributed by atoms with Gasteiger partial charge in [-0.2, -0.15) is 13.2 Å². The Labute approximate surface area is 136 Å². The summed E-state index contributed by atoms with van der Waals surface area (Å²) in [6.07, 6.45) is -4.61. The van der Waals surface area contributed by atoms with Gasteiger partial charge >= 0.3 is 12.1 Å². The Balaban J connectivity index is 1.55. The molecule has 0 radical (unpaired) electrons. The maximum absolute atomic E-state index is 12.5. The van der Waals surface area contributed by atoms with Crippen molar-refractivity contribution in [2.75, 3.05) is 26.2 Å². The first-order chi connectivity index (χ1) is 11.3. The number of rotatable bonds is 4. The molecule has 0 aliphatic carbocycles. The molecule has 1 aliphatic rings. The lowest BCUT2D eigenvalue weighted by Gasteiger charge is -2.36. The molecule has 0 aromatic carbocycles. The summed E-state index contributed by atoms with van der Waals surface area (Å²) in [7, 11) is 0. The summed E-state index contributed by atoms with van der Waals surface area (Å²) in [5.41, 5.74) is 0.876. The first-order valence-electron chi connectivity index (χ1n) is 7.62. The molecule has 3 rings (SSSR count). The van der Waals surface area contributed by atoms with Crippen LogP contribution in [0.4, 0.5) is 13.2 Å². The molecule has 2 aromatic heterocycles. The molecule has 1 saturated heterocycles. The van der Waals surface area contributed by atoms with Crippen molar-refractivity contribution < 1.29 is 22.1 Å². The van der Waals surface area contributed by atoms with E-state index in [1.165, 1.54) is 0 Å². The van der Waals surface area contributed by atoms with Crippen molar-refractivity contribution in [3.8, 4) is 0 Å². The molecule has 1 atom stereocenters. The fourth-order valence-electron chi connectivity index (χ4n) is 2.70. The zero-order chi connectivity index (χ0) is 17.3. The second kappa shape index (κ2) is 6.52. The lowest BCUT2D eigenvalue weighted by Crippen LogP contribution is -2.46. The minimum absolute atomic E-state index is 0.0112. The average Bonchev–Trinajstić information content (AvgIpc) is 3.16. The highest BCUT2D eigenvalue weighted by Crippen LogP contribution is 2.30. The quantitative estimate of drug-likeness (QED) is 0.842. The van der Waals surface area contributed by atoms with E-state index in [0.29, 0.717) is 19.6 Å². The third-order valence-corrected chi connectivity index (χ3v) is 4.06. The normalized spacial score (nSPS) is 18.9.